The molecule has 3 nitrogen and oxygen atoms in total. The lowest BCUT2D eigenvalue weighted by Gasteiger charge is -2.26. The van der Waals surface area contributed by atoms with Gasteiger partial charge in [0.2, 0.25) is 0 Å². The molecule has 4 heteroatoms. The fourth-order valence-electron chi connectivity index (χ4n) is 1.97. The monoisotopic (exact) mass is 203 g/mol. The predicted octanol–water partition coefficient (Wildman–Crippen LogP) is 1.62. The van der Waals surface area contributed by atoms with E-state index in [2.05, 4.69) is 0 Å². The van der Waals surface area contributed by atoms with Crippen LogP contribution in [0, 0.1) is 0 Å². The highest BCUT2D eigenvalue weighted by Gasteiger charge is 2.27. The summed E-state index contributed by atoms with van der Waals surface area (Å²) in [5.74, 6) is 0. The van der Waals surface area contributed by atoms with E-state index in [9.17, 15) is 4.21 Å². The van der Waals surface area contributed by atoms with Gasteiger partial charge in [0.15, 0.2) is 0 Å². The van der Waals surface area contributed by atoms with Crippen molar-refractivity contribution in [1.29, 1.82) is 0 Å². The molecule has 1 unspecified atom stereocenters. The summed E-state index contributed by atoms with van der Waals surface area (Å²) in [5, 5.41) is 0.373. The van der Waals surface area contributed by atoms with Crippen LogP contribution in [0.25, 0.3) is 0 Å². The third-order valence-corrected chi connectivity index (χ3v) is 4.49. The molecule has 0 aromatic rings. The van der Waals surface area contributed by atoms with E-state index < -0.39 is 11.0 Å². The number of nitrogens with zero attached hydrogens (tertiary/aromatic N) is 1. The van der Waals surface area contributed by atoms with Crippen LogP contribution in [0.5, 0.6) is 0 Å². The van der Waals surface area contributed by atoms with Crippen LogP contribution in [0.4, 0.5) is 0 Å². The fourth-order valence-corrected chi connectivity index (χ4v) is 3.53. The minimum absolute atomic E-state index is 0.373. The van der Waals surface area contributed by atoms with Crippen LogP contribution >= 0.6 is 0 Å². The molecule has 1 saturated heterocycles. The molecule has 1 aliphatic carbocycles. The van der Waals surface area contributed by atoms with Crippen molar-refractivity contribution >= 4 is 11.0 Å². The average molecular weight is 203 g/mol. The number of hydroxylamine groups is 1. The summed E-state index contributed by atoms with van der Waals surface area (Å²) in [6, 6.07) is 0. The highest BCUT2D eigenvalue weighted by Crippen LogP contribution is 2.25. The van der Waals surface area contributed by atoms with Gasteiger partial charge in [0.05, 0.1) is 11.9 Å². The Bertz CT molecular complexity index is 186. The Labute approximate surface area is 82.0 Å². The molecule has 0 amide bonds. The van der Waals surface area contributed by atoms with Gasteiger partial charge in [-0.1, -0.05) is 12.8 Å². The summed E-state index contributed by atoms with van der Waals surface area (Å²) < 4.78 is 13.6. The van der Waals surface area contributed by atoms with E-state index in [4.69, 9.17) is 4.84 Å². The first-order valence-electron chi connectivity index (χ1n) is 5.19. The van der Waals surface area contributed by atoms with Crippen molar-refractivity contribution in [3.63, 3.8) is 0 Å². The van der Waals surface area contributed by atoms with Crippen molar-refractivity contribution in [1.82, 2.24) is 4.47 Å². The lowest BCUT2D eigenvalue weighted by atomic mass is 10.3. The zero-order valence-electron chi connectivity index (χ0n) is 7.91. The van der Waals surface area contributed by atoms with Gasteiger partial charge in [-0.15, -0.1) is 4.47 Å². The zero-order valence-corrected chi connectivity index (χ0v) is 8.72. The molecule has 1 aliphatic heterocycles. The maximum Gasteiger partial charge on any atom is 0.121 e. The minimum Gasteiger partial charge on any atom is -0.286 e. The molecule has 0 aromatic carbocycles. The van der Waals surface area contributed by atoms with E-state index in [-0.39, 0.29) is 0 Å². The molecule has 0 N–H and O–H groups in total. The maximum absolute atomic E-state index is 11.9. The molecular formula is C9H17NO2S. The summed E-state index contributed by atoms with van der Waals surface area (Å²) in [7, 11) is -0.871. The molecule has 1 heterocycles. The molecule has 13 heavy (non-hydrogen) atoms. The van der Waals surface area contributed by atoms with Crippen LogP contribution in [-0.4, -0.2) is 27.1 Å². The van der Waals surface area contributed by atoms with Gasteiger partial charge in [0.25, 0.3) is 0 Å². The quantitative estimate of drug-likeness (QED) is 0.682. The molecule has 2 rings (SSSR count). The normalized spacial score (nSPS) is 29.2. The van der Waals surface area contributed by atoms with Gasteiger partial charge in [0.1, 0.15) is 11.0 Å². The summed E-state index contributed by atoms with van der Waals surface area (Å²) in [6.07, 6.45) is 6.95. The Hall–Kier alpha value is 0.0700. The number of hydrogen-bond donors (Lipinski definition) is 0. The summed E-state index contributed by atoms with van der Waals surface area (Å²) in [5.41, 5.74) is 0. The lowest BCUT2D eigenvalue weighted by molar-refractivity contribution is -0.105. The average Bonchev–Trinajstić information content (AvgIpc) is 2.71. The second kappa shape index (κ2) is 4.53. The smallest absolute Gasteiger partial charge is 0.121 e. The SMILES string of the molecule is O=S(C1CCCC1)N1CCCCO1. The fraction of sp³-hybridized carbons (Fsp3) is 1.00. The molecular weight excluding hydrogens is 186 g/mol. The minimum atomic E-state index is -0.871. The Morgan fingerprint density at radius 3 is 2.54 bits per heavy atom. The maximum atomic E-state index is 11.9. The van der Waals surface area contributed by atoms with Gasteiger partial charge in [0, 0.05) is 6.54 Å². The molecule has 76 valence electrons. The summed E-state index contributed by atoms with van der Waals surface area (Å²) in [4.78, 5) is 5.39. The Morgan fingerprint density at radius 1 is 1.15 bits per heavy atom. The molecule has 0 bridgehead atoms. The Kier molecular flexibility index (Phi) is 3.35. The first-order valence-corrected chi connectivity index (χ1v) is 6.36. The molecule has 0 aromatic heterocycles. The summed E-state index contributed by atoms with van der Waals surface area (Å²) >= 11 is 0. The second-order valence-corrected chi connectivity index (χ2v) is 5.41. The molecule has 0 spiro atoms. The zero-order chi connectivity index (χ0) is 9.10. The van der Waals surface area contributed by atoms with Gasteiger partial charge in [-0.2, -0.15) is 0 Å². The van der Waals surface area contributed by atoms with E-state index in [1.165, 1.54) is 12.8 Å². The lowest BCUT2D eigenvalue weighted by Crippen LogP contribution is -2.36. The van der Waals surface area contributed by atoms with Crippen LogP contribution in [-0.2, 0) is 15.8 Å². The predicted molar refractivity (Wildman–Crippen MR) is 52.3 cm³/mol. The van der Waals surface area contributed by atoms with Gasteiger partial charge < -0.3 is 0 Å². The largest absolute Gasteiger partial charge is 0.286 e. The molecule has 0 radical (unpaired) electrons. The number of rotatable bonds is 2. The van der Waals surface area contributed by atoms with Crippen LogP contribution < -0.4 is 0 Å². The first-order chi connectivity index (χ1) is 6.38. The second-order valence-electron chi connectivity index (χ2n) is 3.78. The van der Waals surface area contributed by atoms with Crippen molar-refractivity contribution in [2.75, 3.05) is 13.2 Å². The Balaban J connectivity index is 1.87. The van der Waals surface area contributed by atoms with E-state index in [0.29, 0.717) is 5.25 Å². The van der Waals surface area contributed by atoms with E-state index in [1.807, 2.05) is 0 Å². The highest BCUT2D eigenvalue weighted by molar-refractivity contribution is 7.83. The van der Waals surface area contributed by atoms with Crippen molar-refractivity contribution in [3.05, 3.63) is 0 Å². The third kappa shape index (κ3) is 2.30. The number of hydrogen-bond acceptors (Lipinski definition) is 2. The van der Waals surface area contributed by atoms with Gasteiger partial charge in [-0.3, -0.25) is 4.84 Å². The molecule has 1 saturated carbocycles. The van der Waals surface area contributed by atoms with Crippen LogP contribution in [0.3, 0.4) is 0 Å². The van der Waals surface area contributed by atoms with Gasteiger partial charge in [-0.25, -0.2) is 4.21 Å². The summed E-state index contributed by atoms with van der Waals surface area (Å²) in [6.45, 7) is 1.60. The van der Waals surface area contributed by atoms with E-state index in [1.54, 1.807) is 4.47 Å². The molecule has 2 fully saturated rings. The van der Waals surface area contributed by atoms with Crippen molar-refractivity contribution in [2.45, 2.75) is 43.8 Å². The topological polar surface area (TPSA) is 29.5 Å². The van der Waals surface area contributed by atoms with Gasteiger partial charge >= 0.3 is 0 Å². The van der Waals surface area contributed by atoms with Crippen molar-refractivity contribution in [2.24, 2.45) is 0 Å². The van der Waals surface area contributed by atoms with Crippen molar-refractivity contribution in [3.8, 4) is 0 Å². The molecule has 1 atom stereocenters. The highest BCUT2D eigenvalue weighted by atomic mass is 32.2. The van der Waals surface area contributed by atoms with Gasteiger partial charge in [-0.05, 0) is 25.7 Å². The van der Waals surface area contributed by atoms with Crippen LogP contribution in [0.15, 0.2) is 0 Å². The standard InChI is InChI=1S/C9H17NO2S/c11-13(9-5-1-2-6-9)10-7-3-4-8-12-10/h9H,1-8H2. The van der Waals surface area contributed by atoms with Crippen LogP contribution in [0.2, 0.25) is 0 Å². The first kappa shape index (κ1) is 9.62. The Morgan fingerprint density at radius 2 is 1.92 bits per heavy atom. The van der Waals surface area contributed by atoms with E-state index in [0.717, 1.165) is 38.8 Å². The van der Waals surface area contributed by atoms with Crippen LogP contribution in [0.1, 0.15) is 38.5 Å². The van der Waals surface area contributed by atoms with Crippen molar-refractivity contribution < 1.29 is 9.05 Å². The third-order valence-electron chi connectivity index (χ3n) is 2.76. The molecule has 2 aliphatic rings. The van der Waals surface area contributed by atoms with E-state index >= 15 is 0 Å².